The van der Waals surface area contributed by atoms with Crippen LogP contribution in [0.1, 0.15) is 6.92 Å². The van der Waals surface area contributed by atoms with Gasteiger partial charge in [-0.2, -0.15) is 0 Å². The fourth-order valence-corrected chi connectivity index (χ4v) is 2.08. The topological polar surface area (TPSA) is 57.2 Å². The van der Waals surface area contributed by atoms with Crippen LogP contribution in [-0.2, 0) is 0 Å². The Balaban J connectivity index is 2.89. The van der Waals surface area contributed by atoms with Crippen molar-refractivity contribution in [2.75, 3.05) is 11.2 Å². The van der Waals surface area contributed by atoms with Crippen LogP contribution in [0.3, 0.4) is 0 Å². The van der Waals surface area contributed by atoms with Crippen LogP contribution in [0, 0.1) is 0 Å². The Bertz CT molecular complexity index is 284. The van der Waals surface area contributed by atoms with Crippen molar-refractivity contribution in [1.82, 2.24) is 10.6 Å². The van der Waals surface area contributed by atoms with Crippen LogP contribution < -0.4 is 11.0 Å². The van der Waals surface area contributed by atoms with Crippen molar-refractivity contribution in [2.45, 2.75) is 11.8 Å². The first-order valence-corrected chi connectivity index (χ1v) is 5.49. The Morgan fingerprint density at radius 1 is 1.69 bits per heavy atom. The summed E-state index contributed by atoms with van der Waals surface area (Å²) < 4.78 is 0.923. The van der Waals surface area contributed by atoms with Crippen LogP contribution in [0.25, 0.3) is 0 Å². The number of nitrogens with zero attached hydrogens (tertiary/aromatic N) is 1. The maximum atomic E-state index is 8.46. The third kappa shape index (κ3) is 3.15. The smallest absolute Gasteiger partial charge is 0.155 e. The van der Waals surface area contributed by atoms with E-state index in [1.165, 1.54) is 0 Å². The minimum atomic E-state index is 0.623. The number of hydrogen-bond acceptors (Lipinski definition) is 5. The van der Waals surface area contributed by atoms with E-state index in [4.69, 9.17) is 5.21 Å². The van der Waals surface area contributed by atoms with E-state index in [0.29, 0.717) is 5.82 Å². The Hall–Kier alpha value is -0.300. The summed E-state index contributed by atoms with van der Waals surface area (Å²) in [6, 6.07) is 1.95. The highest BCUT2D eigenvalue weighted by Crippen LogP contribution is 2.27. The van der Waals surface area contributed by atoms with Gasteiger partial charge >= 0.3 is 0 Å². The molecule has 0 aliphatic heterocycles. The van der Waals surface area contributed by atoms with Gasteiger partial charge in [-0.25, -0.2) is 4.98 Å². The van der Waals surface area contributed by atoms with Crippen molar-refractivity contribution in [3.63, 3.8) is 0 Å². The summed E-state index contributed by atoms with van der Waals surface area (Å²) in [5.41, 5.74) is 4.40. The van der Waals surface area contributed by atoms with E-state index in [1.807, 2.05) is 11.7 Å². The zero-order chi connectivity index (χ0) is 9.68. The standard InChI is InChI=1S/C7H10BrN3OS/c1-2-13-6-3-5(8)4-9-7(6)10-11-12/h3-4,11-12H,2H2,1H3,(H,9,10). The number of halogens is 1. The number of anilines is 1. The summed E-state index contributed by atoms with van der Waals surface area (Å²) in [5, 5.41) is 8.46. The van der Waals surface area contributed by atoms with E-state index < -0.39 is 0 Å². The number of thioether (sulfide) groups is 1. The lowest BCUT2D eigenvalue weighted by Crippen LogP contribution is -2.17. The summed E-state index contributed by atoms with van der Waals surface area (Å²) in [6.07, 6.45) is 1.67. The molecule has 13 heavy (non-hydrogen) atoms. The van der Waals surface area contributed by atoms with Gasteiger partial charge in [-0.3, -0.25) is 10.6 Å². The first-order valence-electron chi connectivity index (χ1n) is 3.71. The minimum Gasteiger partial charge on any atom is -0.297 e. The molecule has 72 valence electrons. The quantitative estimate of drug-likeness (QED) is 0.575. The number of hydrazine groups is 1. The molecule has 1 heterocycles. The second kappa shape index (κ2) is 5.43. The Kier molecular flexibility index (Phi) is 4.51. The fourth-order valence-electron chi connectivity index (χ4n) is 0.833. The predicted molar refractivity (Wildman–Crippen MR) is 56.9 cm³/mol. The fraction of sp³-hybridized carbons (Fsp3) is 0.286. The van der Waals surface area contributed by atoms with Gasteiger partial charge in [0.05, 0.1) is 4.90 Å². The molecule has 0 atom stereocenters. The van der Waals surface area contributed by atoms with Gasteiger partial charge < -0.3 is 0 Å². The van der Waals surface area contributed by atoms with E-state index in [9.17, 15) is 0 Å². The lowest BCUT2D eigenvalue weighted by Gasteiger charge is -2.07. The second-order valence-corrected chi connectivity index (χ2v) is 4.39. The summed E-state index contributed by atoms with van der Waals surface area (Å²) in [6.45, 7) is 2.06. The van der Waals surface area contributed by atoms with E-state index in [-0.39, 0.29) is 0 Å². The first kappa shape index (κ1) is 10.8. The molecule has 0 radical (unpaired) electrons. The van der Waals surface area contributed by atoms with E-state index in [1.54, 1.807) is 18.0 Å². The van der Waals surface area contributed by atoms with Crippen molar-refractivity contribution < 1.29 is 5.21 Å². The Labute approximate surface area is 89.2 Å². The SMILES string of the molecule is CCSc1cc(Br)cnc1NNO. The normalized spacial score (nSPS) is 10.1. The van der Waals surface area contributed by atoms with Crippen LogP contribution in [0.2, 0.25) is 0 Å². The highest BCUT2D eigenvalue weighted by Gasteiger charge is 2.03. The molecule has 6 heteroatoms. The molecule has 0 saturated heterocycles. The number of rotatable bonds is 4. The van der Waals surface area contributed by atoms with Crippen LogP contribution in [0.15, 0.2) is 21.6 Å². The lowest BCUT2D eigenvalue weighted by molar-refractivity contribution is 0.192. The molecular weight excluding hydrogens is 254 g/mol. The first-order chi connectivity index (χ1) is 6.27. The van der Waals surface area contributed by atoms with Crippen LogP contribution >= 0.6 is 27.7 Å². The molecule has 0 fully saturated rings. The van der Waals surface area contributed by atoms with Crippen LogP contribution in [0.4, 0.5) is 5.82 Å². The molecule has 0 unspecified atom stereocenters. The maximum Gasteiger partial charge on any atom is 0.155 e. The van der Waals surface area contributed by atoms with Gasteiger partial charge in [0.25, 0.3) is 0 Å². The highest BCUT2D eigenvalue weighted by atomic mass is 79.9. The van der Waals surface area contributed by atoms with Gasteiger partial charge in [-0.15, -0.1) is 17.4 Å². The summed E-state index contributed by atoms with van der Waals surface area (Å²) in [4.78, 5) is 5.07. The van der Waals surface area contributed by atoms with Crippen molar-refractivity contribution in [3.05, 3.63) is 16.7 Å². The monoisotopic (exact) mass is 263 g/mol. The molecule has 0 aliphatic rings. The third-order valence-electron chi connectivity index (χ3n) is 1.29. The largest absolute Gasteiger partial charge is 0.297 e. The molecule has 0 amide bonds. The van der Waals surface area contributed by atoms with Gasteiger partial charge in [-0.1, -0.05) is 6.92 Å². The number of pyridine rings is 1. The molecular formula is C7H10BrN3OS. The molecule has 0 aromatic carbocycles. The van der Waals surface area contributed by atoms with Crippen molar-refractivity contribution in [3.8, 4) is 0 Å². The van der Waals surface area contributed by atoms with E-state index >= 15 is 0 Å². The third-order valence-corrected chi connectivity index (χ3v) is 2.64. The van der Waals surface area contributed by atoms with Crippen LogP contribution in [0.5, 0.6) is 0 Å². The van der Waals surface area contributed by atoms with Gasteiger partial charge in [0, 0.05) is 10.7 Å². The lowest BCUT2D eigenvalue weighted by atomic mass is 10.5. The molecule has 0 saturated carbocycles. The maximum absolute atomic E-state index is 8.46. The number of aromatic nitrogens is 1. The molecule has 0 spiro atoms. The van der Waals surface area contributed by atoms with Crippen molar-refractivity contribution in [1.29, 1.82) is 0 Å². The van der Waals surface area contributed by atoms with E-state index in [0.717, 1.165) is 15.1 Å². The van der Waals surface area contributed by atoms with Crippen molar-refractivity contribution >= 4 is 33.5 Å². The average molecular weight is 264 g/mol. The predicted octanol–water partition coefficient (Wildman–Crippen LogP) is 2.26. The van der Waals surface area contributed by atoms with Crippen molar-refractivity contribution in [2.24, 2.45) is 0 Å². The molecule has 1 rings (SSSR count). The highest BCUT2D eigenvalue weighted by molar-refractivity contribution is 9.10. The zero-order valence-electron chi connectivity index (χ0n) is 7.04. The molecule has 1 aromatic rings. The number of nitrogens with one attached hydrogen (secondary N) is 2. The van der Waals surface area contributed by atoms with Crippen LogP contribution in [-0.4, -0.2) is 15.9 Å². The molecule has 0 bridgehead atoms. The van der Waals surface area contributed by atoms with Gasteiger partial charge in [0.2, 0.25) is 0 Å². The second-order valence-electron chi connectivity index (χ2n) is 2.17. The Morgan fingerprint density at radius 3 is 3.08 bits per heavy atom. The van der Waals surface area contributed by atoms with Gasteiger partial charge in [-0.05, 0) is 27.7 Å². The minimum absolute atomic E-state index is 0.623. The van der Waals surface area contributed by atoms with Gasteiger partial charge in [0.1, 0.15) is 0 Å². The molecule has 1 aromatic heterocycles. The average Bonchev–Trinajstić information content (AvgIpc) is 2.10. The zero-order valence-corrected chi connectivity index (χ0v) is 9.44. The van der Waals surface area contributed by atoms with E-state index in [2.05, 4.69) is 33.3 Å². The molecule has 3 N–H and O–H groups in total. The summed E-state index contributed by atoms with van der Waals surface area (Å²) >= 11 is 4.98. The van der Waals surface area contributed by atoms with Gasteiger partial charge in [0.15, 0.2) is 5.82 Å². The molecule has 0 aliphatic carbocycles. The molecule has 4 nitrogen and oxygen atoms in total. The summed E-state index contributed by atoms with van der Waals surface area (Å²) in [7, 11) is 0. The summed E-state index contributed by atoms with van der Waals surface area (Å²) in [5.74, 6) is 1.58. The number of hydrogen-bond donors (Lipinski definition) is 3. The Morgan fingerprint density at radius 2 is 2.46 bits per heavy atom.